The lowest BCUT2D eigenvalue weighted by Crippen LogP contribution is -2.37. The number of H-pyrrole nitrogens is 2. The van der Waals surface area contributed by atoms with Crippen molar-refractivity contribution in [2.24, 2.45) is 11.7 Å². The Morgan fingerprint density at radius 1 is 0.661 bits per heavy atom. The topological polar surface area (TPSA) is 154 Å². The van der Waals surface area contributed by atoms with Crippen molar-refractivity contribution in [1.29, 1.82) is 0 Å². The first-order valence-electron chi connectivity index (χ1n) is 20.6. The van der Waals surface area contributed by atoms with Crippen molar-refractivity contribution in [1.82, 2.24) is 34.6 Å². The minimum absolute atomic E-state index is 0.0263. The van der Waals surface area contributed by atoms with E-state index in [1.165, 1.54) is 5.56 Å². The van der Waals surface area contributed by atoms with Crippen molar-refractivity contribution in [3.8, 4) is 33.6 Å². The number of primary amides is 1. The Morgan fingerprint density at radius 2 is 1.19 bits per heavy atom. The predicted molar refractivity (Wildman–Crippen MR) is 224 cm³/mol. The quantitative estimate of drug-likeness (QED) is 0.121. The molecule has 0 spiro atoms. The molecule has 2 aromatic heterocycles. The van der Waals surface area contributed by atoms with Crippen LogP contribution in [0.25, 0.3) is 33.6 Å². The molecule has 3 amide bonds. The van der Waals surface area contributed by atoms with E-state index in [4.69, 9.17) is 15.5 Å². The van der Waals surface area contributed by atoms with Gasteiger partial charge in [0.25, 0.3) is 5.91 Å². The third-order valence-corrected chi connectivity index (χ3v) is 12.1. The first-order valence-corrected chi connectivity index (χ1v) is 20.6. The van der Waals surface area contributed by atoms with Crippen LogP contribution in [-0.2, 0) is 20.9 Å². The molecule has 3 aliphatic heterocycles. The van der Waals surface area contributed by atoms with Crippen LogP contribution in [0, 0.1) is 5.92 Å². The maximum Gasteiger partial charge on any atom is 0.405 e. The third kappa shape index (κ3) is 8.13. The molecule has 3 saturated heterocycles. The third-order valence-electron chi connectivity index (χ3n) is 12.1. The van der Waals surface area contributed by atoms with Gasteiger partial charge in [0.1, 0.15) is 11.6 Å². The molecule has 0 unspecified atom stereocenters. The van der Waals surface area contributed by atoms with E-state index in [9.17, 15) is 14.4 Å². The molecule has 12 heteroatoms. The molecule has 59 heavy (non-hydrogen) atoms. The lowest BCUT2D eigenvalue weighted by molar-refractivity contribution is -0.141. The first-order chi connectivity index (χ1) is 28.9. The van der Waals surface area contributed by atoms with Crippen LogP contribution in [-0.4, -0.2) is 78.7 Å². The molecule has 4 aromatic carbocycles. The fourth-order valence-corrected chi connectivity index (χ4v) is 9.03. The summed E-state index contributed by atoms with van der Waals surface area (Å²) in [6, 6.07) is 35.8. The van der Waals surface area contributed by atoms with Gasteiger partial charge < -0.3 is 30.2 Å². The summed E-state index contributed by atoms with van der Waals surface area (Å²) in [4.78, 5) is 61.9. The van der Waals surface area contributed by atoms with Gasteiger partial charge in [0.05, 0.1) is 41.8 Å². The summed E-state index contributed by atoms with van der Waals surface area (Å²) < 4.78 is 5.31. The summed E-state index contributed by atoms with van der Waals surface area (Å²) >= 11 is 0. The normalized spacial score (nSPS) is 19.9. The molecule has 0 bridgehead atoms. The number of aromatic amines is 2. The molecule has 0 saturated carbocycles. The monoisotopic (exact) mass is 788 g/mol. The Labute approximate surface area is 343 Å². The van der Waals surface area contributed by atoms with Crippen molar-refractivity contribution in [2.45, 2.75) is 56.8 Å². The zero-order chi connectivity index (χ0) is 40.3. The van der Waals surface area contributed by atoms with Crippen LogP contribution in [0.5, 0.6) is 0 Å². The van der Waals surface area contributed by atoms with Gasteiger partial charge in [-0.3, -0.25) is 14.5 Å². The summed E-state index contributed by atoms with van der Waals surface area (Å²) in [6.45, 7) is 3.92. The highest BCUT2D eigenvalue weighted by Crippen LogP contribution is 2.37. The summed E-state index contributed by atoms with van der Waals surface area (Å²) in [5, 5.41) is 0. The minimum atomic E-state index is -1.12. The van der Waals surface area contributed by atoms with Gasteiger partial charge in [0, 0.05) is 31.7 Å². The number of rotatable bonds is 11. The van der Waals surface area contributed by atoms with Gasteiger partial charge >= 0.3 is 6.09 Å². The Bertz CT molecular complexity index is 2400. The first kappa shape index (κ1) is 38.0. The molecular formula is C47H48N8O4. The number of carbonyl (C=O) groups is 3. The van der Waals surface area contributed by atoms with Gasteiger partial charge in [-0.2, -0.15) is 0 Å². The van der Waals surface area contributed by atoms with E-state index in [2.05, 4.69) is 97.5 Å². The lowest BCUT2D eigenvalue weighted by atomic mass is 10.0. The molecule has 4 atom stereocenters. The number of nitrogens with zero attached hydrogens (tertiary/aromatic N) is 5. The van der Waals surface area contributed by atoms with Crippen molar-refractivity contribution >= 4 is 17.9 Å². The largest absolute Gasteiger partial charge is 0.431 e. The molecule has 4 N–H and O–H groups in total. The average molecular weight is 789 g/mol. The van der Waals surface area contributed by atoms with Crippen LogP contribution in [0.4, 0.5) is 4.79 Å². The fourth-order valence-electron chi connectivity index (χ4n) is 9.03. The van der Waals surface area contributed by atoms with Crippen LogP contribution in [0.3, 0.4) is 0 Å². The second-order valence-electron chi connectivity index (χ2n) is 15.8. The Balaban J connectivity index is 0.827. The lowest BCUT2D eigenvalue weighted by Gasteiger charge is -2.27. The number of aromatic nitrogens is 4. The maximum absolute atomic E-state index is 13.8. The highest BCUT2D eigenvalue weighted by atomic mass is 16.6. The number of hydrogen-bond acceptors (Lipinski definition) is 7. The molecule has 12 nitrogen and oxygen atoms in total. The SMILES string of the molecule is NC(=O)O[C@@H](C(=O)N1CCC[C@H]1c1ncc(-c2ccc(-c3ccc(-c4cnc([C@@H]5CCCN5C(=O)[C@H]5CCN(Cc6ccccc6)C5)[nH]4)cc3)cc2)[nH]1)c1ccccc1. The van der Waals surface area contributed by atoms with Crippen molar-refractivity contribution in [3.63, 3.8) is 0 Å². The van der Waals surface area contributed by atoms with Crippen molar-refractivity contribution < 1.29 is 19.1 Å². The van der Waals surface area contributed by atoms with E-state index in [1.54, 1.807) is 35.4 Å². The highest BCUT2D eigenvalue weighted by molar-refractivity contribution is 5.85. The van der Waals surface area contributed by atoms with Gasteiger partial charge in [0.2, 0.25) is 12.0 Å². The molecule has 300 valence electrons. The molecule has 0 radical (unpaired) electrons. The van der Waals surface area contributed by atoms with Crippen molar-refractivity contribution in [3.05, 3.63) is 144 Å². The predicted octanol–water partition coefficient (Wildman–Crippen LogP) is 7.82. The summed E-state index contributed by atoms with van der Waals surface area (Å²) in [6.07, 6.45) is 5.88. The van der Waals surface area contributed by atoms with E-state index in [1.807, 2.05) is 18.3 Å². The van der Waals surface area contributed by atoms with E-state index < -0.39 is 12.2 Å². The summed E-state index contributed by atoms with van der Waals surface area (Å²) in [5.74, 6) is 1.50. The number of ether oxygens (including phenoxy) is 1. The Kier molecular flexibility index (Phi) is 10.8. The molecule has 3 aliphatic rings. The Morgan fingerprint density at radius 3 is 1.76 bits per heavy atom. The van der Waals surface area contributed by atoms with Crippen LogP contribution < -0.4 is 5.73 Å². The van der Waals surface area contributed by atoms with Crippen LogP contribution >= 0.6 is 0 Å². The summed E-state index contributed by atoms with van der Waals surface area (Å²) in [5.41, 5.74) is 13.2. The second-order valence-corrected chi connectivity index (χ2v) is 15.8. The number of nitrogens with one attached hydrogen (secondary N) is 2. The van der Waals surface area contributed by atoms with Gasteiger partial charge in [0.15, 0.2) is 0 Å². The second kappa shape index (κ2) is 16.8. The molecule has 3 fully saturated rings. The van der Waals surface area contributed by atoms with E-state index in [-0.39, 0.29) is 29.8 Å². The molecule has 6 aromatic rings. The number of amides is 3. The smallest absolute Gasteiger partial charge is 0.405 e. The molecule has 5 heterocycles. The van der Waals surface area contributed by atoms with E-state index in [0.29, 0.717) is 17.9 Å². The zero-order valence-electron chi connectivity index (χ0n) is 32.9. The minimum Gasteiger partial charge on any atom is -0.431 e. The molecular weight excluding hydrogens is 741 g/mol. The van der Waals surface area contributed by atoms with Gasteiger partial charge in [-0.15, -0.1) is 0 Å². The van der Waals surface area contributed by atoms with Gasteiger partial charge in [-0.1, -0.05) is 109 Å². The van der Waals surface area contributed by atoms with Crippen LogP contribution in [0.15, 0.2) is 122 Å². The number of likely N-dealkylation sites (tertiary alicyclic amines) is 3. The zero-order valence-corrected chi connectivity index (χ0v) is 32.9. The van der Waals surface area contributed by atoms with E-state index in [0.717, 1.165) is 97.7 Å². The fraction of sp³-hybridized carbons (Fsp3) is 0.298. The van der Waals surface area contributed by atoms with E-state index >= 15 is 0 Å². The van der Waals surface area contributed by atoms with Crippen LogP contribution in [0.2, 0.25) is 0 Å². The average Bonchev–Trinajstić information content (AvgIpc) is 4.13. The number of hydrogen-bond donors (Lipinski definition) is 3. The summed E-state index contributed by atoms with van der Waals surface area (Å²) in [7, 11) is 0. The Hall–Kier alpha value is -6.53. The van der Waals surface area contributed by atoms with Crippen LogP contribution in [0.1, 0.15) is 73.1 Å². The number of carbonyl (C=O) groups excluding carboxylic acids is 3. The number of nitrogens with two attached hydrogens (primary N) is 1. The van der Waals surface area contributed by atoms with Crippen molar-refractivity contribution in [2.75, 3.05) is 26.2 Å². The molecule has 9 rings (SSSR count). The standard InChI is InChI=1S/C47H48N8O4/c48-47(58)59-42(36-11-5-2-6-12-36)46(57)55-25-8-14-41(55)44-50-28-39(52-44)35-21-17-33(18-22-35)32-15-19-34(20-16-32)38-27-49-43(51-38)40-13-7-24-54(40)45(56)37-23-26-53(30-37)29-31-9-3-1-4-10-31/h1-6,9-12,15-22,27-28,37,40-42H,7-8,13-14,23-26,29-30H2,(H2,48,58)(H,49,51)(H,50,52)/t37-,40-,41-,42+/m0/s1. The van der Waals surface area contributed by atoms with Gasteiger partial charge in [-0.05, 0) is 66.5 Å². The molecule has 0 aliphatic carbocycles. The number of imidazole rings is 2. The number of benzene rings is 4. The van der Waals surface area contributed by atoms with Gasteiger partial charge in [-0.25, -0.2) is 14.8 Å². The highest BCUT2D eigenvalue weighted by Gasteiger charge is 2.39. The maximum atomic E-state index is 13.8.